The van der Waals surface area contributed by atoms with Crippen LogP contribution in [0.4, 0.5) is 0 Å². The van der Waals surface area contributed by atoms with Crippen molar-refractivity contribution >= 4 is 28.3 Å². The molecule has 0 bridgehead atoms. The first-order valence-corrected chi connectivity index (χ1v) is 5.71. The van der Waals surface area contributed by atoms with Crippen LogP contribution in [0.2, 0.25) is 0 Å². The van der Waals surface area contributed by atoms with E-state index in [1.807, 2.05) is 42.5 Å². The van der Waals surface area contributed by atoms with Crippen molar-refractivity contribution in [2.75, 3.05) is 0 Å². The van der Waals surface area contributed by atoms with Gasteiger partial charge in [0.05, 0.1) is 11.0 Å². The molecule has 0 aliphatic carbocycles. The van der Waals surface area contributed by atoms with Gasteiger partial charge in [-0.2, -0.15) is 0 Å². The molecule has 0 spiro atoms. The van der Waals surface area contributed by atoms with Gasteiger partial charge < -0.3 is 4.74 Å². The van der Waals surface area contributed by atoms with Gasteiger partial charge in [0.15, 0.2) is 0 Å². The molecule has 0 unspecified atom stereocenters. The van der Waals surface area contributed by atoms with Crippen molar-refractivity contribution in [2.24, 2.45) is 0 Å². The lowest BCUT2D eigenvalue weighted by molar-refractivity contribution is -0.129. The summed E-state index contributed by atoms with van der Waals surface area (Å²) in [5.41, 5.74) is 2.76. The molecule has 88 valence electrons. The van der Waals surface area contributed by atoms with Crippen LogP contribution in [0.15, 0.2) is 48.5 Å². The Morgan fingerprint density at radius 2 is 1.89 bits per heavy atom. The normalized spacial score (nSPS) is 10.7. The van der Waals surface area contributed by atoms with Crippen LogP contribution >= 0.6 is 0 Å². The van der Waals surface area contributed by atoms with E-state index in [1.54, 1.807) is 0 Å². The fourth-order valence-corrected chi connectivity index (χ4v) is 2.10. The maximum Gasteiger partial charge on any atom is 0.293 e. The van der Waals surface area contributed by atoms with E-state index in [-0.39, 0.29) is 6.61 Å². The summed E-state index contributed by atoms with van der Waals surface area (Å²) < 4.78 is 4.82. The van der Waals surface area contributed by atoms with Gasteiger partial charge in [-0.25, -0.2) is 4.98 Å². The van der Waals surface area contributed by atoms with E-state index in [1.165, 1.54) is 0 Å². The van der Waals surface area contributed by atoms with Gasteiger partial charge in [0.25, 0.3) is 6.47 Å². The van der Waals surface area contributed by atoms with E-state index in [4.69, 9.17) is 4.74 Å². The van der Waals surface area contributed by atoms with Crippen molar-refractivity contribution in [2.45, 2.75) is 6.61 Å². The topological polar surface area (TPSA) is 39.2 Å². The third-order valence-corrected chi connectivity index (χ3v) is 2.94. The Hall–Kier alpha value is -2.42. The van der Waals surface area contributed by atoms with Crippen LogP contribution in [0.3, 0.4) is 0 Å². The van der Waals surface area contributed by atoms with Crippen LogP contribution in [0.5, 0.6) is 0 Å². The summed E-state index contributed by atoms with van der Waals surface area (Å²) in [5, 5.41) is 2.17. The molecule has 1 aromatic heterocycles. The molecule has 0 atom stereocenters. The van der Waals surface area contributed by atoms with Gasteiger partial charge in [-0.1, -0.05) is 36.4 Å². The first kappa shape index (κ1) is 10.7. The first-order valence-electron chi connectivity index (χ1n) is 5.71. The standard InChI is InChI=1S/C15H11NO2/c17-10-18-9-13-6-3-5-12-8-11-4-1-2-7-14(11)16-15(12)13/h1-8,10H,9H2. The van der Waals surface area contributed by atoms with E-state index >= 15 is 0 Å². The van der Waals surface area contributed by atoms with Crippen molar-refractivity contribution in [1.82, 2.24) is 4.98 Å². The van der Waals surface area contributed by atoms with Crippen LogP contribution in [0, 0.1) is 0 Å². The van der Waals surface area contributed by atoms with Gasteiger partial charge in [-0.15, -0.1) is 0 Å². The number of ether oxygens (including phenoxy) is 1. The first-order chi connectivity index (χ1) is 8.88. The molecule has 2 aromatic carbocycles. The predicted molar refractivity (Wildman–Crippen MR) is 70.1 cm³/mol. The lowest BCUT2D eigenvalue weighted by atomic mass is 10.1. The van der Waals surface area contributed by atoms with E-state index in [0.29, 0.717) is 6.47 Å². The predicted octanol–water partition coefficient (Wildman–Crippen LogP) is 3.06. The highest BCUT2D eigenvalue weighted by Crippen LogP contribution is 2.22. The van der Waals surface area contributed by atoms with E-state index in [9.17, 15) is 4.79 Å². The number of carbonyl (C=O) groups excluding carboxylic acids is 1. The summed E-state index contributed by atoms with van der Waals surface area (Å²) in [5.74, 6) is 0. The Morgan fingerprint density at radius 1 is 1.06 bits per heavy atom. The minimum absolute atomic E-state index is 0.256. The second-order valence-corrected chi connectivity index (χ2v) is 4.08. The number of fused-ring (bicyclic) bond motifs is 2. The fraction of sp³-hybridized carbons (Fsp3) is 0.0667. The highest BCUT2D eigenvalue weighted by atomic mass is 16.5. The number of hydrogen-bond acceptors (Lipinski definition) is 3. The van der Waals surface area contributed by atoms with Crippen molar-refractivity contribution < 1.29 is 9.53 Å². The molecule has 0 amide bonds. The Kier molecular flexibility index (Phi) is 2.65. The summed E-state index contributed by atoms with van der Waals surface area (Å²) in [6.07, 6.45) is 0. The second kappa shape index (κ2) is 4.45. The summed E-state index contributed by atoms with van der Waals surface area (Å²) in [6.45, 7) is 0.714. The number of para-hydroxylation sites is 2. The van der Waals surface area contributed by atoms with Crippen LogP contribution < -0.4 is 0 Å². The number of benzene rings is 2. The molecule has 3 aromatic rings. The lowest BCUT2D eigenvalue weighted by Gasteiger charge is -2.06. The molecule has 0 N–H and O–H groups in total. The third kappa shape index (κ3) is 1.80. The summed E-state index contributed by atoms with van der Waals surface area (Å²) in [4.78, 5) is 14.9. The average molecular weight is 237 g/mol. The van der Waals surface area contributed by atoms with Crippen LogP contribution in [0.1, 0.15) is 5.56 Å². The number of hydrogen-bond donors (Lipinski definition) is 0. The zero-order valence-electron chi connectivity index (χ0n) is 9.67. The lowest BCUT2D eigenvalue weighted by Crippen LogP contribution is -1.93. The number of pyridine rings is 1. The van der Waals surface area contributed by atoms with E-state index in [2.05, 4.69) is 11.1 Å². The second-order valence-electron chi connectivity index (χ2n) is 4.08. The van der Waals surface area contributed by atoms with E-state index < -0.39 is 0 Å². The zero-order valence-corrected chi connectivity index (χ0v) is 9.67. The molecular weight excluding hydrogens is 226 g/mol. The van der Waals surface area contributed by atoms with Crippen molar-refractivity contribution in [3.05, 3.63) is 54.1 Å². The van der Waals surface area contributed by atoms with Gasteiger partial charge in [0.1, 0.15) is 6.61 Å². The maximum absolute atomic E-state index is 10.3. The monoisotopic (exact) mass is 237 g/mol. The van der Waals surface area contributed by atoms with Crippen molar-refractivity contribution in [3.8, 4) is 0 Å². The molecule has 0 aliphatic heterocycles. The van der Waals surface area contributed by atoms with Crippen LogP contribution in [-0.2, 0) is 16.1 Å². The number of aromatic nitrogens is 1. The summed E-state index contributed by atoms with van der Waals surface area (Å²) in [7, 11) is 0. The van der Waals surface area contributed by atoms with Gasteiger partial charge in [0, 0.05) is 16.3 Å². The van der Waals surface area contributed by atoms with E-state index in [0.717, 1.165) is 27.4 Å². The molecule has 0 aliphatic rings. The van der Waals surface area contributed by atoms with Crippen molar-refractivity contribution in [1.29, 1.82) is 0 Å². The molecule has 0 saturated carbocycles. The minimum Gasteiger partial charge on any atom is -0.463 e. The molecule has 3 rings (SSSR count). The van der Waals surface area contributed by atoms with Gasteiger partial charge in [0.2, 0.25) is 0 Å². The van der Waals surface area contributed by atoms with Gasteiger partial charge in [-0.3, -0.25) is 4.79 Å². The summed E-state index contributed by atoms with van der Waals surface area (Å²) in [6, 6.07) is 16.0. The molecule has 1 heterocycles. The van der Waals surface area contributed by atoms with Crippen molar-refractivity contribution in [3.63, 3.8) is 0 Å². The number of rotatable bonds is 3. The van der Waals surface area contributed by atoms with Gasteiger partial charge >= 0.3 is 0 Å². The van der Waals surface area contributed by atoms with Crippen LogP contribution in [0.25, 0.3) is 21.8 Å². The SMILES string of the molecule is O=COCc1cccc2cc3ccccc3nc12. The number of carbonyl (C=O) groups is 1. The maximum atomic E-state index is 10.3. The molecule has 0 fully saturated rings. The average Bonchev–Trinajstić information content (AvgIpc) is 2.43. The van der Waals surface area contributed by atoms with Gasteiger partial charge in [-0.05, 0) is 12.1 Å². The fourth-order valence-electron chi connectivity index (χ4n) is 2.10. The number of nitrogens with zero attached hydrogens (tertiary/aromatic N) is 1. The Labute approximate surface area is 104 Å². The highest BCUT2D eigenvalue weighted by molar-refractivity contribution is 5.93. The third-order valence-electron chi connectivity index (χ3n) is 2.94. The smallest absolute Gasteiger partial charge is 0.293 e. The quantitative estimate of drug-likeness (QED) is 0.519. The zero-order chi connectivity index (χ0) is 12.4. The Bertz CT molecular complexity index is 722. The minimum atomic E-state index is 0.256. The molecule has 0 saturated heterocycles. The molecule has 3 nitrogen and oxygen atoms in total. The van der Waals surface area contributed by atoms with Crippen LogP contribution in [-0.4, -0.2) is 11.5 Å². The molecular formula is C15H11NO2. The molecule has 18 heavy (non-hydrogen) atoms. The Morgan fingerprint density at radius 3 is 2.78 bits per heavy atom. The largest absolute Gasteiger partial charge is 0.463 e. The highest BCUT2D eigenvalue weighted by Gasteiger charge is 2.04. The summed E-state index contributed by atoms with van der Waals surface area (Å²) >= 11 is 0. The Balaban J connectivity index is 2.25. The molecule has 3 heteroatoms. The molecule has 0 radical (unpaired) electrons.